The Labute approximate surface area is 185 Å². The summed E-state index contributed by atoms with van der Waals surface area (Å²) >= 11 is 0. The van der Waals surface area contributed by atoms with Crippen LogP contribution in [-0.2, 0) is 20.6 Å². The van der Waals surface area contributed by atoms with Crippen molar-refractivity contribution in [2.24, 2.45) is 0 Å². The Balaban J connectivity index is 1.33. The molecule has 1 aromatic heterocycles. The van der Waals surface area contributed by atoms with Crippen LogP contribution in [0.5, 0.6) is 0 Å². The first-order valence-corrected chi connectivity index (χ1v) is 11.2. The number of hydrogen-bond acceptors (Lipinski definition) is 5. The van der Waals surface area contributed by atoms with Gasteiger partial charge in [-0.2, -0.15) is 0 Å². The molecule has 2 atom stereocenters. The van der Waals surface area contributed by atoms with Gasteiger partial charge < -0.3 is 14.0 Å². The normalized spacial score (nSPS) is 27.2. The summed E-state index contributed by atoms with van der Waals surface area (Å²) in [6.45, 7) is 10.8. The van der Waals surface area contributed by atoms with E-state index in [0.717, 1.165) is 37.3 Å². The van der Waals surface area contributed by atoms with Gasteiger partial charge in [0.1, 0.15) is 0 Å². The Morgan fingerprint density at radius 2 is 1.74 bits per heavy atom. The molecule has 3 aliphatic heterocycles. The number of ether oxygens (including phenoxy) is 1. The highest BCUT2D eigenvalue weighted by Gasteiger charge is 2.51. The molecule has 5 rings (SSSR count). The van der Waals surface area contributed by atoms with E-state index in [2.05, 4.69) is 81.1 Å². The fourth-order valence-electron chi connectivity index (χ4n) is 4.61. The number of pyridine rings is 1. The number of benzene rings is 1. The van der Waals surface area contributed by atoms with E-state index in [1.807, 2.05) is 6.20 Å². The van der Waals surface area contributed by atoms with Crippen LogP contribution in [-0.4, -0.2) is 53.5 Å². The van der Waals surface area contributed by atoms with E-state index in [4.69, 9.17) is 19.0 Å². The molecule has 2 fully saturated rings. The highest BCUT2D eigenvalue weighted by Crippen LogP contribution is 2.37. The standard InChI is InChI=1S/C25H31BN2O3/c1-24(2)25(3,4)31-26(30-24)20-10-11-23(27-14-20)19-12-21-16-29-17-22(13-19)28(21)15-18-8-6-5-7-9-18/h5-12,14,21-22H,13,15-17H2,1-4H3. The Morgan fingerprint density at radius 3 is 2.39 bits per heavy atom. The van der Waals surface area contributed by atoms with Gasteiger partial charge >= 0.3 is 7.12 Å². The van der Waals surface area contributed by atoms with Gasteiger partial charge in [0.2, 0.25) is 0 Å². The molecule has 0 saturated carbocycles. The van der Waals surface area contributed by atoms with Crippen molar-refractivity contribution in [2.45, 2.75) is 63.9 Å². The summed E-state index contributed by atoms with van der Waals surface area (Å²) in [4.78, 5) is 7.36. The van der Waals surface area contributed by atoms with E-state index in [9.17, 15) is 0 Å². The summed E-state index contributed by atoms with van der Waals surface area (Å²) in [6, 6.07) is 15.6. The number of aromatic nitrogens is 1. The molecule has 0 spiro atoms. The monoisotopic (exact) mass is 418 g/mol. The van der Waals surface area contributed by atoms with Crippen LogP contribution in [0.1, 0.15) is 45.4 Å². The second kappa shape index (κ2) is 7.86. The molecule has 2 bridgehead atoms. The zero-order valence-electron chi connectivity index (χ0n) is 18.9. The average Bonchev–Trinajstić information content (AvgIpc) is 2.96. The smallest absolute Gasteiger partial charge is 0.399 e. The first-order valence-electron chi connectivity index (χ1n) is 11.2. The van der Waals surface area contributed by atoms with Gasteiger partial charge in [0.15, 0.2) is 0 Å². The van der Waals surface area contributed by atoms with Crippen molar-refractivity contribution in [3.63, 3.8) is 0 Å². The van der Waals surface area contributed by atoms with Gasteiger partial charge in [-0.15, -0.1) is 0 Å². The molecular formula is C25H31BN2O3. The van der Waals surface area contributed by atoms with Crippen molar-refractivity contribution >= 4 is 18.2 Å². The zero-order chi connectivity index (χ0) is 21.6. The van der Waals surface area contributed by atoms with Crippen LogP contribution in [0, 0.1) is 0 Å². The van der Waals surface area contributed by atoms with Crippen LogP contribution in [0.4, 0.5) is 0 Å². The maximum Gasteiger partial charge on any atom is 0.496 e. The molecule has 2 aromatic rings. The predicted molar refractivity (Wildman–Crippen MR) is 123 cm³/mol. The second-order valence-corrected chi connectivity index (χ2v) is 9.88. The maximum atomic E-state index is 6.17. The lowest BCUT2D eigenvalue weighted by Crippen LogP contribution is -2.53. The first-order chi connectivity index (χ1) is 14.8. The number of hydrogen-bond donors (Lipinski definition) is 0. The molecule has 2 unspecified atom stereocenters. The Bertz CT molecular complexity index is 942. The molecule has 2 saturated heterocycles. The highest BCUT2D eigenvalue weighted by molar-refractivity contribution is 6.62. The zero-order valence-corrected chi connectivity index (χ0v) is 18.9. The molecule has 3 aliphatic rings. The largest absolute Gasteiger partial charge is 0.496 e. The quantitative estimate of drug-likeness (QED) is 0.712. The van der Waals surface area contributed by atoms with E-state index in [0.29, 0.717) is 6.04 Å². The number of rotatable bonds is 4. The summed E-state index contributed by atoms with van der Waals surface area (Å²) in [6.07, 6.45) is 5.20. The minimum Gasteiger partial charge on any atom is -0.399 e. The molecule has 4 heterocycles. The molecule has 31 heavy (non-hydrogen) atoms. The van der Waals surface area contributed by atoms with E-state index < -0.39 is 0 Å². The first kappa shape index (κ1) is 20.9. The average molecular weight is 418 g/mol. The van der Waals surface area contributed by atoms with Crippen molar-refractivity contribution in [2.75, 3.05) is 13.2 Å². The SMILES string of the molecule is CC1(C)OB(c2ccc(C3=CC4COCC(C3)N4Cc3ccccc3)nc2)OC1(C)C. The highest BCUT2D eigenvalue weighted by atomic mass is 16.7. The van der Waals surface area contributed by atoms with Crippen LogP contribution in [0.3, 0.4) is 0 Å². The van der Waals surface area contributed by atoms with E-state index >= 15 is 0 Å². The molecule has 0 N–H and O–H groups in total. The van der Waals surface area contributed by atoms with Gasteiger partial charge in [-0.05, 0) is 51.3 Å². The minimum atomic E-state index is -0.374. The van der Waals surface area contributed by atoms with Crippen LogP contribution in [0.15, 0.2) is 54.7 Å². The van der Waals surface area contributed by atoms with Gasteiger partial charge in [0.05, 0.1) is 36.2 Å². The predicted octanol–water partition coefficient (Wildman–Crippen LogP) is 3.44. The Morgan fingerprint density at radius 1 is 1.00 bits per heavy atom. The lowest BCUT2D eigenvalue weighted by atomic mass is 9.80. The molecule has 6 heteroatoms. The van der Waals surface area contributed by atoms with Crippen LogP contribution in [0.25, 0.3) is 5.57 Å². The molecular weight excluding hydrogens is 387 g/mol. The summed E-state index contributed by atoms with van der Waals surface area (Å²) in [7, 11) is -0.374. The summed E-state index contributed by atoms with van der Waals surface area (Å²) < 4.78 is 18.2. The topological polar surface area (TPSA) is 43.8 Å². The van der Waals surface area contributed by atoms with Gasteiger partial charge in [-0.3, -0.25) is 9.88 Å². The third kappa shape index (κ3) is 3.98. The minimum absolute atomic E-state index is 0.285. The molecule has 0 aliphatic carbocycles. The third-order valence-corrected chi connectivity index (χ3v) is 7.19. The van der Waals surface area contributed by atoms with E-state index in [1.54, 1.807) is 0 Å². The second-order valence-electron chi connectivity index (χ2n) is 9.88. The number of nitrogens with zero attached hydrogens (tertiary/aromatic N) is 2. The van der Waals surface area contributed by atoms with Gasteiger partial charge in [0, 0.05) is 24.2 Å². The van der Waals surface area contributed by atoms with Gasteiger partial charge in [-0.25, -0.2) is 0 Å². The number of fused-ring (bicyclic) bond motifs is 2. The van der Waals surface area contributed by atoms with Gasteiger partial charge in [0.25, 0.3) is 0 Å². The van der Waals surface area contributed by atoms with Crippen LogP contribution in [0.2, 0.25) is 0 Å². The van der Waals surface area contributed by atoms with Gasteiger partial charge in [-0.1, -0.05) is 42.5 Å². The van der Waals surface area contributed by atoms with Crippen molar-refractivity contribution in [1.82, 2.24) is 9.88 Å². The fourth-order valence-corrected chi connectivity index (χ4v) is 4.61. The summed E-state index contributed by atoms with van der Waals surface area (Å²) in [5, 5.41) is 0. The van der Waals surface area contributed by atoms with Crippen molar-refractivity contribution < 1.29 is 14.0 Å². The molecule has 5 nitrogen and oxygen atoms in total. The molecule has 1 aromatic carbocycles. The van der Waals surface area contributed by atoms with Crippen molar-refractivity contribution in [1.29, 1.82) is 0 Å². The van der Waals surface area contributed by atoms with Crippen molar-refractivity contribution in [3.8, 4) is 0 Å². The van der Waals surface area contributed by atoms with E-state index in [-0.39, 0.29) is 24.4 Å². The molecule has 0 amide bonds. The van der Waals surface area contributed by atoms with Crippen molar-refractivity contribution in [3.05, 3.63) is 66.0 Å². The van der Waals surface area contributed by atoms with E-state index in [1.165, 1.54) is 11.1 Å². The molecule has 162 valence electrons. The van der Waals surface area contributed by atoms with Crippen LogP contribution < -0.4 is 5.46 Å². The third-order valence-electron chi connectivity index (χ3n) is 7.19. The summed E-state index contributed by atoms with van der Waals surface area (Å²) in [5.41, 5.74) is 3.97. The Kier molecular flexibility index (Phi) is 5.29. The lowest BCUT2D eigenvalue weighted by Gasteiger charge is -2.44. The Hall–Kier alpha value is -1.99. The molecule has 0 radical (unpaired) electrons. The number of morpholine rings is 1. The van der Waals surface area contributed by atoms with Crippen LogP contribution >= 0.6 is 0 Å². The fraction of sp³-hybridized carbons (Fsp3) is 0.480. The maximum absolute atomic E-state index is 6.17. The summed E-state index contributed by atoms with van der Waals surface area (Å²) in [5.74, 6) is 0. The lowest BCUT2D eigenvalue weighted by molar-refractivity contribution is -0.0403.